The Balaban J connectivity index is 1.39. The summed E-state index contributed by atoms with van der Waals surface area (Å²) in [5.74, 6) is -0.0685. The lowest BCUT2D eigenvalue weighted by molar-refractivity contribution is -0.115. The van der Waals surface area contributed by atoms with Crippen LogP contribution >= 0.6 is 27.3 Å². The molecule has 4 rings (SSSR count). The third-order valence-electron chi connectivity index (χ3n) is 4.69. The van der Waals surface area contributed by atoms with Gasteiger partial charge in [-0.3, -0.25) is 9.69 Å². The summed E-state index contributed by atoms with van der Waals surface area (Å²) in [6, 6.07) is 16.1. The molecule has 0 bridgehead atoms. The third kappa shape index (κ3) is 5.73. The lowest BCUT2D eigenvalue weighted by Crippen LogP contribution is -2.35. The molecule has 2 heterocycles. The van der Waals surface area contributed by atoms with Gasteiger partial charge in [0.1, 0.15) is 5.01 Å². The van der Waals surface area contributed by atoms with Gasteiger partial charge in [-0.05, 0) is 29.8 Å². The van der Waals surface area contributed by atoms with Crippen LogP contribution in [-0.4, -0.2) is 42.1 Å². The summed E-state index contributed by atoms with van der Waals surface area (Å²) in [5, 5.41) is 5.82. The van der Waals surface area contributed by atoms with Crippen LogP contribution in [0.5, 0.6) is 0 Å². The Bertz CT molecular complexity index is 985. The monoisotopic (exact) mass is 471 g/mol. The number of nitrogens with zero attached hydrogens (tertiary/aromatic N) is 2. The predicted molar refractivity (Wildman–Crippen MR) is 120 cm³/mol. The standard InChI is InChI=1S/C22H22BrN3O2S/c23-18-5-2-6-19(12-18)24-21(27)13-20-15-29-22(25-20)17-4-1-3-16(11-17)14-26-7-9-28-10-8-26/h1-6,11-12,15H,7-10,13-14H2,(H,24,27). The largest absolute Gasteiger partial charge is 0.379 e. The molecule has 0 aliphatic carbocycles. The summed E-state index contributed by atoms with van der Waals surface area (Å²) in [4.78, 5) is 19.4. The molecular weight excluding hydrogens is 450 g/mol. The highest BCUT2D eigenvalue weighted by molar-refractivity contribution is 9.10. The van der Waals surface area contributed by atoms with E-state index in [0.717, 1.165) is 59.3 Å². The Hall–Kier alpha value is -2.06. The maximum Gasteiger partial charge on any atom is 0.230 e. The number of hydrogen-bond donors (Lipinski definition) is 1. The minimum absolute atomic E-state index is 0.0685. The van der Waals surface area contributed by atoms with Crippen LogP contribution in [0.15, 0.2) is 58.4 Å². The summed E-state index contributed by atoms with van der Waals surface area (Å²) in [7, 11) is 0. The Morgan fingerprint density at radius 3 is 2.83 bits per heavy atom. The van der Waals surface area contributed by atoms with Gasteiger partial charge in [-0.2, -0.15) is 0 Å². The summed E-state index contributed by atoms with van der Waals surface area (Å²) in [6.45, 7) is 4.47. The van der Waals surface area contributed by atoms with Crippen molar-refractivity contribution >= 4 is 38.9 Å². The summed E-state index contributed by atoms with van der Waals surface area (Å²) in [6.07, 6.45) is 0.260. The fourth-order valence-corrected chi connectivity index (χ4v) is 4.49. The number of halogens is 1. The van der Waals surface area contributed by atoms with E-state index in [1.807, 2.05) is 29.6 Å². The molecule has 0 saturated carbocycles. The van der Waals surface area contributed by atoms with Gasteiger partial charge in [-0.15, -0.1) is 11.3 Å². The second-order valence-corrected chi connectivity index (χ2v) is 8.74. The zero-order chi connectivity index (χ0) is 20.1. The van der Waals surface area contributed by atoms with Crippen LogP contribution in [0.25, 0.3) is 10.6 Å². The van der Waals surface area contributed by atoms with Crippen LogP contribution in [0.3, 0.4) is 0 Å². The number of anilines is 1. The SMILES string of the molecule is O=C(Cc1csc(-c2cccc(CN3CCOCC3)c2)n1)Nc1cccc(Br)c1. The van der Waals surface area contributed by atoms with Crippen molar-refractivity contribution in [2.75, 3.05) is 31.6 Å². The van der Waals surface area contributed by atoms with Gasteiger partial charge in [0.25, 0.3) is 0 Å². The van der Waals surface area contributed by atoms with Crippen molar-refractivity contribution in [1.29, 1.82) is 0 Å². The minimum Gasteiger partial charge on any atom is -0.379 e. The van der Waals surface area contributed by atoms with Crippen molar-refractivity contribution in [3.05, 3.63) is 69.6 Å². The number of nitrogens with one attached hydrogen (secondary N) is 1. The van der Waals surface area contributed by atoms with E-state index >= 15 is 0 Å². The highest BCUT2D eigenvalue weighted by atomic mass is 79.9. The number of rotatable bonds is 6. The molecule has 29 heavy (non-hydrogen) atoms. The topological polar surface area (TPSA) is 54.5 Å². The van der Waals surface area contributed by atoms with E-state index in [1.54, 1.807) is 11.3 Å². The molecule has 1 N–H and O–H groups in total. The van der Waals surface area contributed by atoms with Crippen LogP contribution in [0, 0.1) is 0 Å². The Kier molecular flexibility index (Phi) is 6.71. The number of carbonyl (C=O) groups is 1. The van der Waals surface area contributed by atoms with Gasteiger partial charge in [0, 0.05) is 40.7 Å². The van der Waals surface area contributed by atoms with E-state index in [-0.39, 0.29) is 12.3 Å². The molecule has 150 valence electrons. The van der Waals surface area contributed by atoms with Gasteiger partial charge >= 0.3 is 0 Å². The molecule has 1 saturated heterocycles. The van der Waals surface area contributed by atoms with Crippen molar-refractivity contribution in [1.82, 2.24) is 9.88 Å². The number of thiazole rings is 1. The zero-order valence-corrected chi connectivity index (χ0v) is 18.3. The average molecular weight is 472 g/mol. The first-order chi connectivity index (χ1) is 14.2. The number of aromatic nitrogens is 1. The van der Waals surface area contributed by atoms with Crippen LogP contribution in [0.4, 0.5) is 5.69 Å². The van der Waals surface area contributed by atoms with Gasteiger partial charge in [-0.25, -0.2) is 4.98 Å². The number of amides is 1. The summed E-state index contributed by atoms with van der Waals surface area (Å²) < 4.78 is 6.36. The molecule has 1 aromatic heterocycles. The Labute approximate surface area is 182 Å². The number of benzene rings is 2. The smallest absolute Gasteiger partial charge is 0.230 e. The number of ether oxygens (including phenoxy) is 1. The number of morpholine rings is 1. The molecule has 0 radical (unpaired) electrons. The zero-order valence-electron chi connectivity index (χ0n) is 15.9. The summed E-state index contributed by atoms with van der Waals surface area (Å²) in [5.41, 5.74) is 3.93. The van der Waals surface area contributed by atoms with Crippen LogP contribution in [0.1, 0.15) is 11.3 Å². The van der Waals surface area contributed by atoms with Gasteiger partial charge in [0.15, 0.2) is 0 Å². The van der Waals surface area contributed by atoms with Crippen molar-refractivity contribution in [2.24, 2.45) is 0 Å². The molecule has 1 fully saturated rings. The van der Waals surface area contributed by atoms with E-state index < -0.39 is 0 Å². The summed E-state index contributed by atoms with van der Waals surface area (Å²) >= 11 is 4.99. The first kappa shape index (κ1) is 20.2. The molecule has 2 aromatic carbocycles. The second kappa shape index (κ2) is 9.63. The molecule has 1 amide bonds. The fourth-order valence-electron chi connectivity index (χ4n) is 3.28. The molecule has 0 atom stereocenters. The lowest BCUT2D eigenvalue weighted by atomic mass is 10.1. The van der Waals surface area contributed by atoms with Crippen LogP contribution in [-0.2, 0) is 22.5 Å². The van der Waals surface area contributed by atoms with E-state index in [9.17, 15) is 4.79 Å². The van der Waals surface area contributed by atoms with Gasteiger partial charge < -0.3 is 10.1 Å². The fraction of sp³-hybridized carbons (Fsp3) is 0.273. The number of carbonyl (C=O) groups excluding carboxylic acids is 1. The molecule has 3 aromatic rings. The molecule has 7 heteroatoms. The maximum absolute atomic E-state index is 12.3. The molecule has 0 unspecified atom stereocenters. The minimum atomic E-state index is -0.0685. The Morgan fingerprint density at radius 2 is 2.00 bits per heavy atom. The van der Waals surface area contributed by atoms with E-state index in [1.165, 1.54) is 5.56 Å². The lowest BCUT2D eigenvalue weighted by Gasteiger charge is -2.26. The van der Waals surface area contributed by atoms with Crippen molar-refractivity contribution in [3.8, 4) is 10.6 Å². The van der Waals surface area contributed by atoms with Crippen LogP contribution in [0.2, 0.25) is 0 Å². The normalized spacial score (nSPS) is 14.7. The predicted octanol–water partition coefficient (Wildman–Crippen LogP) is 4.59. The third-order valence-corrected chi connectivity index (χ3v) is 6.12. The van der Waals surface area contributed by atoms with Crippen molar-refractivity contribution in [2.45, 2.75) is 13.0 Å². The Morgan fingerprint density at radius 1 is 1.17 bits per heavy atom. The van der Waals surface area contributed by atoms with Gasteiger partial charge in [0.2, 0.25) is 5.91 Å². The quantitative estimate of drug-likeness (QED) is 0.571. The second-order valence-electron chi connectivity index (χ2n) is 6.97. The van der Waals surface area contributed by atoms with Crippen molar-refractivity contribution in [3.63, 3.8) is 0 Å². The van der Waals surface area contributed by atoms with Crippen molar-refractivity contribution < 1.29 is 9.53 Å². The van der Waals surface area contributed by atoms with Gasteiger partial charge in [0.05, 0.1) is 25.3 Å². The average Bonchev–Trinajstić information content (AvgIpc) is 3.17. The van der Waals surface area contributed by atoms with E-state index in [4.69, 9.17) is 4.74 Å². The first-order valence-electron chi connectivity index (χ1n) is 9.55. The molecule has 1 aliphatic rings. The molecular formula is C22H22BrN3O2S. The van der Waals surface area contributed by atoms with E-state index in [0.29, 0.717) is 0 Å². The van der Waals surface area contributed by atoms with E-state index in [2.05, 4.69) is 55.4 Å². The van der Waals surface area contributed by atoms with Crippen LogP contribution < -0.4 is 5.32 Å². The molecule has 0 spiro atoms. The van der Waals surface area contributed by atoms with Gasteiger partial charge in [-0.1, -0.05) is 40.2 Å². The first-order valence-corrected chi connectivity index (χ1v) is 11.2. The maximum atomic E-state index is 12.3. The highest BCUT2D eigenvalue weighted by Gasteiger charge is 2.13. The molecule has 1 aliphatic heterocycles. The number of hydrogen-bond acceptors (Lipinski definition) is 5. The molecule has 5 nitrogen and oxygen atoms in total. The highest BCUT2D eigenvalue weighted by Crippen LogP contribution is 2.25.